The third-order valence-electron chi connectivity index (χ3n) is 14.6. The lowest BCUT2D eigenvalue weighted by Crippen LogP contribution is -2.28. The molecule has 0 N–H and O–H groups in total. The molecule has 0 amide bonds. The third-order valence-corrected chi connectivity index (χ3v) is 14.6. The Kier molecular flexibility index (Phi) is 10.1. The molecule has 0 heterocycles. The highest BCUT2D eigenvalue weighted by Gasteiger charge is 2.47. The lowest BCUT2D eigenvalue weighted by Gasteiger charge is -2.34. The van der Waals surface area contributed by atoms with Gasteiger partial charge < -0.3 is 4.90 Å². The van der Waals surface area contributed by atoms with Crippen LogP contribution in [0.25, 0.3) is 77.2 Å². The second kappa shape index (κ2) is 17.2. The van der Waals surface area contributed by atoms with E-state index in [4.69, 9.17) is 0 Å². The molecule has 0 atom stereocenters. The van der Waals surface area contributed by atoms with Crippen LogP contribution in [0.5, 0.6) is 0 Å². The van der Waals surface area contributed by atoms with Crippen molar-refractivity contribution in [3.63, 3.8) is 0 Å². The lowest BCUT2D eigenvalue weighted by atomic mass is 9.68. The molecule has 13 rings (SSSR count). The van der Waals surface area contributed by atoms with Crippen LogP contribution in [0.4, 0.5) is 17.1 Å². The Morgan fingerprint density at radius 1 is 0.257 bits per heavy atom. The van der Waals surface area contributed by atoms with Crippen molar-refractivity contribution in [1.29, 1.82) is 0 Å². The van der Waals surface area contributed by atoms with E-state index in [1.807, 2.05) is 0 Å². The predicted molar refractivity (Wildman–Crippen MR) is 295 cm³/mol. The van der Waals surface area contributed by atoms with Crippen molar-refractivity contribution in [2.75, 3.05) is 4.90 Å². The van der Waals surface area contributed by atoms with Crippen molar-refractivity contribution in [1.82, 2.24) is 0 Å². The summed E-state index contributed by atoms with van der Waals surface area (Å²) in [6.07, 6.45) is 0. The Balaban J connectivity index is 1.05. The van der Waals surface area contributed by atoms with Crippen LogP contribution in [0.15, 0.2) is 285 Å². The monoisotopic (exact) mass is 889 g/mol. The molecule has 0 aromatic heterocycles. The van der Waals surface area contributed by atoms with Gasteiger partial charge in [-0.05, 0) is 119 Å². The second-order valence-electron chi connectivity index (χ2n) is 18.3. The van der Waals surface area contributed by atoms with Crippen LogP contribution < -0.4 is 4.90 Å². The van der Waals surface area contributed by atoms with E-state index in [-0.39, 0.29) is 0 Å². The smallest absolute Gasteiger partial charge is 0.0714 e. The molecule has 0 saturated carbocycles. The molecule has 0 radical (unpaired) electrons. The molecule has 1 aliphatic rings. The van der Waals surface area contributed by atoms with Crippen LogP contribution in [0.1, 0.15) is 22.3 Å². The van der Waals surface area contributed by atoms with Gasteiger partial charge in [-0.1, -0.05) is 255 Å². The minimum atomic E-state index is -0.547. The maximum absolute atomic E-state index is 2.52. The molecule has 12 aromatic rings. The molecule has 0 saturated heterocycles. The SMILES string of the molecule is c1ccc(-c2ccccc2-c2ccccc2-c2ccccc2N(c2ccc(-c3ccc4c(ccc5ccccc54)c3)cc2)c2cccc3c2-c2ccccc2C3(c2ccccc2)c2ccccc2)cc1. The molecule has 0 bridgehead atoms. The molecule has 0 fully saturated rings. The summed E-state index contributed by atoms with van der Waals surface area (Å²) in [6, 6.07) is 105. The first-order valence-electron chi connectivity index (χ1n) is 24.3. The number of benzene rings is 12. The fourth-order valence-corrected chi connectivity index (χ4v) is 11.5. The van der Waals surface area contributed by atoms with E-state index in [9.17, 15) is 0 Å². The standard InChI is InChI=1S/C69H47N/c1-4-21-49(22-5-1)57-29-12-13-30-59(57)60-31-14-15-32-61(60)62-33-17-19-37-66(62)70(55-44-41-48(42-45-55)51-43-46-58-52(47-51)40-39-50-23-10-11-28-56(50)58)67-38-20-36-65-68(67)63-34-16-18-35-64(63)69(65,53-24-6-2-7-25-53)54-26-8-3-9-27-54/h1-47H. The highest BCUT2D eigenvalue weighted by Crippen LogP contribution is 2.60. The quantitative estimate of drug-likeness (QED) is 0.131. The van der Waals surface area contributed by atoms with Crippen molar-refractivity contribution in [2.45, 2.75) is 5.41 Å². The molecule has 70 heavy (non-hydrogen) atoms. The van der Waals surface area contributed by atoms with Gasteiger partial charge in [0.05, 0.1) is 16.8 Å². The van der Waals surface area contributed by atoms with Gasteiger partial charge in [-0.3, -0.25) is 0 Å². The van der Waals surface area contributed by atoms with Crippen molar-refractivity contribution in [3.05, 3.63) is 307 Å². The van der Waals surface area contributed by atoms with Crippen molar-refractivity contribution >= 4 is 38.6 Å². The van der Waals surface area contributed by atoms with Crippen LogP contribution >= 0.6 is 0 Å². The number of para-hydroxylation sites is 1. The fraction of sp³-hybridized carbons (Fsp3) is 0.0145. The molecule has 0 spiro atoms. The van der Waals surface area contributed by atoms with E-state index in [0.717, 1.165) is 22.6 Å². The van der Waals surface area contributed by atoms with Gasteiger partial charge in [0, 0.05) is 16.8 Å². The third kappa shape index (κ3) is 6.70. The van der Waals surface area contributed by atoms with E-state index >= 15 is 0 Å². The average molecular weight is 890 g/mol. The first-order chi connectivity index (χ1) is 34.8. The summed E-state index contributed by atoms with van der Waals surface area (Å²) in [5.74, 6) is 0. The van der Waals surface area contributed by atoms with Gasteiger partial charge in [0.25, 0.3) is 0 Å². The topological polar surface area (TPSA) is 3.24 Å². The predicted octanol–water partition coefficient (Wildman–Crippen LogP) is 18.5. The fourth-order valence-electron chi connectivity index (χ4n) is 11.5. The molecular formula is C69H47N. The number of nitrogens with zero attached hydrogens (tertiary/aromatic N) is 1. The van der Waals surface area contributed by atoms with Gasteiger partial charge in [-0.2, -0.15) is 0 Å². The zero-order valence-corrected chi connectivity index (χ0v) is 38.6. The Bertz CT molecular complexity index is 3830. The first-order valence-corrected chi connectivity index (χ1v) is 24.3. The van der Waals surface area contributed by atoms with Gasteiger partial charge in [-0.25, -0.2) is 0 Å². The molecule has 0 unspecified atom stereocenters. The Hall–Kier alpha value is -9.04. The van der Waals surface area contributed by atoms with Gasteiger partial charge in [0.2, 0.25) is 0 Å². The minimum absolute atomic E-state index is 0.547. The summed E-state index contributed by atoms with van der Waals surface area (Å²) in [4.78, 5) is 2.52. The van der Waals surface area contributed by atoms with Crippen LogP contribution in [0, 0.1) is 0 Å². The summed E-state index contributed by atoms with van der Waals surface area (Å²) in [7, 11) is 0. The van der Waals surface area contributed by atoms with E-state index in [2.05, 4.69) is 290 Å². The number of fused-ring (bicyclic) bond motifs is 6. The Morgan fingerprint density at radius 3 is 1.46 bits per heavy atom. The maximum Gasteiger partial charge on any atom is 0.0714 e. The summed E-state index contributed by atoms with van der Waals surface area (Å²) < 4.78 is 0. The van der Waals surface area contributed by atoms with Crippen LogP contribution in [-0.2, 0) is 5.41 Å². The van der Waals surface area contributed by atoms with Crippen molar-refractivity contribution in [3.8, 4) is 55.6 Å². The van der Waals surface area contributed by atoms with Gasteiger partial charge >= 0.3 is 0 Å². The molecule has 1 heteroatoms. The van der Waals surface area contributed by atoms with Crippen LogP contribution in [0.2, 0.25) is 0 Å². The largest absolute Gasteiger partial charge is 0.309 e. The molecule has 1 nitrogen and oxygen atoms in total. The van der Waals surface area contributed by atoms with E-state index in [0.29, 0.717) is 0 Å². The number of rotatable bonds is 9. The number of hydrogen-bond acceptors (Lipinski definition) is 1. The lowest BCUT2D eigenvalue weighted by molar-refractivity contribution is 0.768. The normalized spacial score (nSPS) is 12.4. The number of hydrogen-bond donors (Lipinski definition) is 0. The minimum Gasteiger partial charge on any atom is -0.309 e. The Labute approximate surface area is 409 Å². The summed E-state index contributed by atoms with van der Waals surface area (Å²) in [5, 5.41) is 5.05. The van der Waals surface area contributed by atoms with Gasteiger partial charge in [0.15, 0.2) is 0 Å². The zero-order valence-electron chi connectivity index (χ0n) is 38.6. The molecular weight excluding hydrogens is 843 g/mol. The Morgan fingerprint density at radius 2 is 0.743 bits per heavy atom. The molecule has 328 valence electrons. The van der Waals surface area contributed by atoms with Crippen molar-refractivity contribution in [2.24, 2.45) is 0 Å². The highest BCUT2D eigenvalue weighted by molar-refractivity contribution is 6.08. The van der Waals surface area contributed by atoms with Gasteiger partial charge in [-0.15, -0.1) is 0 Å². The number of anilines is 3. The molecule has 12 aromatic carbocycles. The first kappa shape index (κ1) is 41.2. The van der Waals surface area contributed by atoms with Crippen LogP contribution in [-0.4, -0.2) is 0 Å². The van der Waals surface area contributed by atoms with E-state index in [1.54, 1.807) is 0 Å². The summed E-state index contributed by atoms with van der Waals surface area (Å²) in [6.45, 7) is 0. The van der Waals surface area contributed by atoms with E-state index in [1.165, 1.54) is 93.9 Å². The van der Waals surface area contributed by atoms with Crippen molar-refractivity contribution < 1.29 is 0 Å². The maximum atomic E-state index is 2.52. The van der Waals surface area contributed by atoms with Gasteiger partial charge in [0.1, 0.15) is 0 Å². The van der Waals surface area contributed by atoms with Crippen LogP contribution in [0.3, 0.4) is 0 Å². The second-order valence-corrected chi connectivity index (χ2v) is 18.3. The van der Waals surface area contributed by atoms with E-state index < -0.39 is 5.41 Å². The summed E-state index contributed by atoms with van der Waals surface area (Å²) in [5.41, 5.74) is 19.7. The molecule has 0 aliphatic heterocycles. The zero-order chi connectivity index (χ0) is 46.4. The molecule has 1 aliphatic carbocycles. The summed E-state index contributed by atoms with van der Waals surface area (Å²) >= 11 is 0. The highest BCUT2D eigenvalue weighted by atomic mass is 15.1. The average Bonchev–Trinajstić information content (AvgIpc) is 3.76.